The van der Waals surface area contributed by atoms with Gasteiger partial charge in [-0.25, -0.2) is 4.79 Å². The van der Waals surface area contributed by atoms with Crippen LogP contribution in [0.2, 0.25) is 5.02 Å². The molecule has 1 unspecified atom stereocenters. The number of hydrogen-bond donors (Lipinski definition) is 3. The standard InChI is InChI=1S/C25H36ClN5O4/c1-18-29-31(24(33)30(18)13-6-14-35-20-9-12-27-16-20)19-7-8-22(26)21(15-19)23(32)28-17-25(34)10-4-2-3-5-11-25/h7-8,15,20,27,34H,2-6,9-14,16-17H2,1H3,(H,28,32). The summed E-state index contributed by atoms with van der Waals surface area (Å²) in [6.07, 6.45) is 7.45. The van der Waals surface area contributed by atoms with Gasteiger partial charge in [0.15, 0.2) is 0 Å². The Labute approximate surface area is 210 Å². The minimum absolute atomic E-state index is 0.180. The molecule has 0 spiro atoms. The number of hydrogen-bond acceptors (Lipinski definition) is 6. The predicted octanol–water partition coefficient (Wildman–Crippen LogP) is 2.58. The van der Waals surface area contributed by atoms with Gasteiger partial charge < -0.3 is 20.5 Å². The van der Waals surface area contributed by atoms with Crippen LogP contribution in [0.4, 0.5) is 0 Å². The summed E-state index contributed by atoms with van der Waals surface area (Å²) in [6, 6.07) is 4.84. The summed E-state index contributed by atoms with van der Waals surface area (Å²) in [7, 11) is 0. The van der Waals surface area contributed by atoms with Crippen molar-refractivity contribution in [2.24, 2.45) is 0 Å². The molecular weight excluding hydrogens is 470 g/mol. The zero-order valence-corrected chi connectivity index (χ0v) is 21.1. The van der Waals surface area contributed by atoms with Crippen molar-refractivity contribution in [2.75, 3.05) is 26.2 Å². The molecule has 0 radical (unpaired) electrons. The van der Waals surface area contributed by atoms with Crippen molar-refractivity contribution < 1.29 is 14.6 Å². The second kappa shape index (κ2) is 11.7. The highest BCUT2D eigenvalue weighted by atomic mass is 35.5. The van der Waals surface area contributed by atoms with Crippen LogP contribution >= 0.6 is 11.6 Å². The fourth-order valence-corrected chi connectivity index (χ4v) is 5.09. The Bertz CT molecular complexity index is 1070. The Balaban J connectivity index is 1.42. The number of rotatable bonds is 9. The first-order chi connectivity index (χ1) is 16.9. The third-order valence-electron chi connectivity index (χ3n) is 6.99. The van der Waals surface area contributed by atoms with Gasteiger partial charge in [0.2, 0.25) is 0 Å². The molecule has 1 atom stereocenters. The van der Waals surface area contributed by atoms with Crippen LogP contribution < -0.4 is 16.3 Å². The van der Waals surface area contributed by atoms with Crippen molar-refractivity contribution in [1.82, 2.24) is 25.0 Å². The minimum atomic E-state index is -0.888. The normalized spacial score (nSPS) is 20.0. The van der Waals surface area contributed by atoms with E-state index >= 15 is 0 Å². The number of aliphatic hydroxyl groups is 1. The Morgan fingerprint density at radius 1 is 1.31 bits per heavy atom. The Morgan fingerprint density at radius 2 is 2.09 bits per heavy atom. The van der Waals surface area contributed by atoms with E-state index in [1.54, 1.807) is 29.7 Å². The van der Waals surface area contributed by atoms with E-state index in [2.05, 4.69) is 15.7 Å². The molecule has 1 saturated heterocycles. The molecule has 2 aromatic rings. The van der Waals surface area contributed by atoms with E-state index in [-0.39, 0.29) is 34.8 Å². The largest absolute Gasteiger partial charge is 0.388 e. The van der Waals surface area contributed by atoms with E-state index in [1.165, 1.54) is 4.68 Å². The summed E-state index contributed by atoms with van der Waals surface area (Å²) in [6.45, 7) is 4.92. The second-order valence-electron chi connectivity index (χ2n) is 9.72. The fourth-order valence-electron chi connectivity index (χ4n) is 4.89. The summed E-state index contributed by atoms with van der Waals surface area (Å²) in [5, 5.41) is 21.7. The van der Waals surface area contributed by atoms with Crippen LogP contribution in [0.5, 0.6) is 0 Å². The molecule has 10 heteroatoms. The molecule has 35 heavy (non-hydrogen) atoms. The number of carbonyl (C=O) groups is 1. The molecule has 4 rings (SSSR count). The Morgan fingerprint density at radius 3 is 2.80 bits per heavy atom. The van der Waals surface area contributed by atoms with E-state index in [0.717, 1.165) is 45.2 Å². The van der Waals surface area contributed by atoms with Crippen molar-refractivity contribution in [3.63, 3.8) is 0 Å². The monoisotopic (exact) mass is 505 g/mol. The number of nitrogens with zero attached hydrogens (tertiary/aromatic N) is 3. The van der Waals surface area contributed by atoms with Gasteiger partial charge in [-0.15, -0.1) is 0 Å². The maximum Gasteiger partial charge on any atom is 0.350 e. The van der Waals surface area contributed by atoms with Gasteiger partial charge in [0.05, 0.1) is 28.0 Å². The van der Waals surface area contributed by atoms with E-state index < -0.39 is 5.60 Å². The molecule has 0 bridgehead atoms. The van der Waals surface area contributed by atoms with Crippen LogP contribution in [0.15, 0.2) is 23.0 Å². The lowest BCUT2D eigenvalue weighted by Gasteiger charge is -2.26. The maximum atomic E-state index is 13.1. The lowest BCUT2D eigenvalue weighted by atomic mass is 9.94. The molecule has 2 heterocycles. The highest BCUT2D eigenvalue weighted by Crippen LogP contribution is 2.27. The van der Waals surface area contributed by atoms with Gasteiger partial charge in [0, 0.05) is 26.2 Å². The molecule has 9 nitrogen and oxygen atoms in total. The first kappa shape index (κ1) is 25.9. The topological polar surface area (TPSA) is 110 Å². The van der Waals surface area contributed by atoms with Crippen molar-refractivity contribution >= 4 is 17.5 Å². The van der Waals surface area contributed by atoms with Gasteiger partial charge in [-0.2, -0.15) is 9.78 Å². The first-order valence-electron chi connectivity index (χ1n) is 12.7. The SMILES string of the molecule is Cc1nn(-c2ccc(Cl)c(C(=O)NCC3(O)CCCCCC3)c2)c(=O)n1CCCOC1CCNC1. The number of aryl methyl sites for hydroxylation is 1. The van der Waals surface area contributed by atoms with Crippen LogP contribution in [-0.2, 0) is 11.3 Å². The quantitative estimate of drug-likeness (QED) is 0.357. The fraction of sp³-hybridized carbons (Fsp3) is 0.640. The van der Waals surface area contributed by atoms with Gasteiger partial charge in [0.25, 0.3) is 5.91 Å². The van der Waals surface area contributed by atoms with Crippen molar-refractivity contribution in [3.8, 4) is 5.69 Å². The van der Waals surface area contributed by atoms with Gasteiger partial charge in [0.1, 0.15) is 5.82 Å². The lowest BCUT2D eigenvalue weighted by Crippen LogP contribution is -2.42. The molecule has 1 amide bonds. The van der Waals surface area contributed by atoms with Gasteiger partial charge in [-0.05, 0) is 57.4 Å². The average molecular weight is 506 g/mol. The summed E-state index contributed by atoms with van der Waals surface area (Å²) in [4.78, 5) is 26.0. The number of carbonyl (C=O) groups excluding carboxylic acids is 1. The number of halogens is 1. The van der Waals surface area contributed by atoms with Crippen LogP contribution in [0.1, 0.15) is 67.5 Å². The molecule has 1 saturated carbocycles. The molecular formula is C25H36ClN5O4. The smallest absolute Gasteiger partial charge is 0.350 e. The number of benzene rings is 1. The molecule has 3 N–H and O–H groups in total. The Hall–Kier alpha value is -2.20. The van der Waals surface area contributed by atoms with Crippen LogP contribution in [0.25, 0.3) is 5.69 Å². The van der Waals surface area contributed by atoms with Crippen molar-refractivity contribution in [3.05, 3.63) is 45.1 Å². The maximum absolute atomic E-state index is 13.1. The first-order valence-corrected chi connectivity index (χ1v) is 13.0. The van der Waals surface area contributed by atoms with E-state index in [9.17, 15) is 14.7 Å². The summed E-state index contributed by atoms with van der Waals surface area (Å²) in [5.74, 6) is 0.214. The number of nitrogens with one attached hydrogen (secondary N) is 2. The summed E-state index contributed by atoms with van der Waals surface area (Å²) < 4.78 is 8.76. The summed E-state index contributed by atoms with van der Waals surface area (Å²) >= 11 is 6.32. The highest BCUT2D eigenvalue weighted by Gasteiger charge is 2.29. The zero-order valence-electron chi connectivity index (χ0n) is 20.4. The lowest BCUT2D eigenvalue weighted by molar-refractivity contribution is 0.0246. The third kappa shape index (κ3) is 6.52. The van der Waals surface area contributed by atoms with Gasteiger partial charge in [-0.1, -0.05) is 37.3 Å². The molecule has 192 valence electrons. The van der Waals surface area contributed by atoms with Gasteiger partial charge in [-0.3, -0.25) is 9.36 Å². The summed E-state index contributed by atoms with van der Waals surface area (Å²) in [5.41, 5.74) is -0.445. The Kier molecular flexibility index (Phi) is 8.64. The zero-order chi connectivity index (χ0) is 24.8. The molecule has 1 aromatic carbocycles. The predicted molar refractivity (Wildman–Crippen MR) is 134 cm³/mol. The number of amides is 1. The van der Waals surface area contributed by atoms with E-state index in [0.29, 0.717) is 43.9 Å². The van der Waals surface area contributed by atoms with Crippen LogP contribution in [0, 0.1) is 6.92 Å². The molecule has 1 aliphatic carbocycles. The van der Waals surface area contributed by atoms with Crippen LogP contribution in [-0.4, -0.2) is 63.3 Å². The number of ether oxygens (including phenoxy) is 1. The molecule has 2 aliphatic rings. The van der Waals surface area contributed by atoms with E-state index in [4.69, 9.17) is 16.3 Å². The molecule has 2 fully saturated rings. The molecule has 1 aromatic heterocycles. The highest BCUT2D eigenvalue weighted by molar-refractivity contribution is 6.33. The van der Waals surface area contributed by atoms with E-state index in [1.807, 2.05) is 0 Å². The second-order valence-corrected chi connectivity index (χ2v) is 10.1. The van der Waals surface area contributed by atoms with Crippen molar-refractivity contribution in [2.45, 2.75) is 76.5 Å². The van der Waals surface area contributed by atoms with Crippen LogP contribution in [0.3, 0.4) is 0 Å². The third-order valence-corrected chi connectivity index (χ3v) is 7.32. The average Bonchev–Trinajstić information content (AvgIpc) is 3.39. The van der Waals surface area contributed by atoms with Crippen molar-refractivity contribution in [1.29, 1.82) is 0 Å². The minimum Gasteiger partial charge on any atom is -0.388 e. The van der Waals surface area contributed by atoms with Gasteiger partial charge >= 0.3 is 5.69 Å². The molecule has 1 aliphatic heterocycles. The number of aromatic nitrogens is 3.